The molecule has 0 aliphatic carbocycles. The highest BCUT2D eigenvalue weighted by atomic mass is 16.2. The maximum Gasteiger partial charge on any atom is 0.262 e. The molecule has 3 amide bonds. The van der Waals surface area contributed by atoms with E-state index in [2.05, 4.69) is 19.2 Å². The van der Waals surface area contributed by atoms with E-state index >= 15 is 0 Å². The number of hydrogen-bond donors (Lipinski definition) is 1. The number of hydrogen-bond acceptors (Lipinski definition) is 3. The molecule has 1 N–H and O–H groups in total. The van der Waals surface area contributed by atoms with Crippen LogP contribution in [-0.4, -0.2) is 35.2 Å². The summed E-state index contributed by atoms with van der Waals surface area (Å²) in [7, 11) is 0. The molecule has 0 aromatic heterocycles. The summed E-state index contributed by atoms with van der Waals surface area (Å²) in [6, 6.07) is 6.69. The van der Waals surface area contributed by atoms with Crippen molar-refractivity contribution in [3.8, 4) is 0 Å². The fraction of sp³-hybridized carbons (Fsp3) is 0.500. The van der Waals surface area contributed by atoms with Gasteiger partial charge in [-0.25, -0.2) is 0 Å². The lowest BCUT2D eigenvalue weighted by molar-refractivity contribution is -0.122. The van der Waals surface area contributed by atoms with Gasteiger partial charge in [-0.15, -0.1) is 0 Å². The predicted molar refractivity (Wildman–Crippen MR) is 88.1 cm³/mol. The minimum absolute atomic E-state index is 0.0384. The molecule has 124 valence electrons. The third-order valence-corrected chi connectivity index (χ3v) is 4.01. The second-order valence-electron chi connectivity index (χ2n) is 6.54. The Labute approximate surface area is 137 Å². The van der Waals surface area contributed by atoms with Gasteiger partial charge < -0.3 is 5.32 Å². The van der Waals surface area contributed by atoms with E-state index in [0.29, 0.717) is 17.0 Å². The molecule has 0 bridgehead atoms. The Bertz CT molecular complexity index is 575. The third kappa shape index (κ3) is 4.18. The Morgan fingerprint density at radius 2 is 1.61 bits per heavy atom. The number of nitrogens with zero attached hydrogens (tertiary/aromatic N) is 1. The Balaban J connectivity index is 1.87. The first-order chi connectivity index (χ1) is 10.9. The van der Waals surface area contributed by atoms with Crippen molar-refractivity contribution < 1.29 is 14.4 Å². The minimum Gasteiger partial charge on any atom is -0.352 e. The molecule has 1 aliphatic rings. The third-order valence-electron chi connectivity index (χ3n) is 4.01. The molecule has 0 saturated heterocycles. The lowest BCUT2D eigenvalue weighted by atomic mass is 10.0. The van der Waals surface area contributed by atoms with Crippen LogP contribution in [0.2, 0.25) is 0 Å². The van der Waals surface area contributed by atoms with Crippen molar-refractivity contribution in [2.45, 2.75) is 46.1 Å². The molecule has 5 heteroatoms. The molecule has 1 aliphatic heterocycles. The summed E-state index contributed by atoms with van der Waals surface area (Å²) in [5.41, 5.74) is 0.741. The average molecular weight is 316 g/mol. The molecule has 2 rings (SSSR count). The van der Waals surface area contributed by atoms with Crippen molar-refractivity contribution in [3.63, 3.8) is 0 Å². The molecular formula is C18H24N2O3. The van der Waals surface area contributed by atoms with Crippen LogP contribution >= 0.6 is 0 Å². The van der Waals surface area contributed by atoms with E-state index in [0.717, 1.165) is 24.2 Å². The van der Waals surface area contributed by atoms with Crippen LogP contribution in [0.3, 0.4) is 0 Å². The maximum atomic E-state index is 12.2. The van der Waals surface area contributed by atoms with Crippen LogP contribution in [0, 0.1) is 5.92 Å². The van der Waals surface area contributed by atoms with E-state index in [4.69, 9.17) is 0 Å². The van der Waals surface area contributed by atoms with Crippen LogP contribution in [0.5, 0.6) is 0 Å². The summed E-state index contributed by atoms with van der Waals surface area (Å²) in [6.07, 6.45) is 3.07. The Morgan fingerprint density at radius 3 is 2.13 bits per heavy atom. The summed E-state index contributed by atoms with van der Waals surface area (Å²) in [4.78, 5) is 37.5. The molecule has 0 radical (unpaired) electrons. The number of imide groups is 1. The van der Waals surface area contributed by atoms with Crippen molar-refractivity contribution >= 4 is 17.7 Å². The quantitative estimate of drug-likeness (QED) is 0.786. The highest BCUT2D eigenvalue weighted by molar-refractivity contribution is 6.22. The highest BCUT2D eigenvalue weighted by Gasteiger charge is 2.36. The number of rotatable bonds is 7. The summed E-state index contributed by atoms with van der Waals surface area (Å²) in [5.74, 6) is -0.436. The lowest BCUT2D eigenvalue weighted by Gasteiger charge is -2.17. The Kier molecular flexibility index (Phi) is 5.53. The number of carbonyl (C=O) groups is 3. The lowest BCUT2D eigenvalue weighted by Crippen LogP contribution is -2.43. The molecule has 1 atom stereocenters. The Hall–Kier alpha value is -2.17. The minimum atomic E-state index is -0.395. The first kappa shape index (κ1) is 17.2. The molecule has 23 heavy (non-hydrogen) atoms. The molecule has 0 spiro atoms. The van der Waals surface area contributed by atoms with E-state index in [1.165, 1.54) is 0 Å². The standard InChI is InChI=1S/C18H24N2O3/c1-12(2)7-6-8-13(3)19-16(21)11-20-17(22)14-9-4-5-10-15(14)18(20)23/h4-5,9-10,12-13H,6-8,11H2,1-3H3,(H,19,21)/t13-/m1/s1. The summed E-state index contributed by atoms with van der Waals surface area (Å²) in [6.45, 7) is 6.07. The smallest absolute Gasteiger partial charge is 0.262 e. The SMILES string of the molecule is CC(C)CCC[C@@H](C)NC(=O)CN1C(=O)c2ccccc2C1=O. The zero-order valence-electron chi connectivity index (χ0n) is 14.0. The van der Waals surface area contributed by atoms with Crippen molar-refractivity contribution in [2.24, 2.45) is 5.92 Å². The molecule has 1 aromatic rings. The van der Waals surface area contributed by atoms with E-state index in [9.17, 15) is 14.4 Å². The molecule has 0 fully saturated rings. The predicted octanol–water partition coefficient (Wildman–Crippen LogP) is 2.61. The van der Waals surface area contributed by atoms with Gasteiger partial charge in [0.25, 0.3) is 11.8 Å². The normalized spacial score (nSPS) is 15.0. The molecular weight excluding hydrogens is 292 g/mol. The van der Waals surface area contributed by atoms with Crippen molar-refractivity contribution in [3.05, 3.63) is 35.4 Å². The van der Waals surface area contributed by atoms with Crippen LogP contribution in [-0.2, 0) is 4.79 Å². The van der Waals surface area contributed by atoms with Crippen molar-refractivity contribution in [1.29, 1.82) is 0 Å². The van der Waals surface area contributed by atoms with Crippen molar-refractivity contribution in [1.82, 2.24) is 10.2 Å². The van der Waals surface area contributed by atoms with Gasteiger partial charge in [0.1, 0.15) is 6.54 Å². The van der Waals surface area contributed by atoms with Gasteiger partial charge in [0, 0.05) is 6.04 Å². The summed E-state index contributed by atoms with van der Waals surface area (Å²) in [5, 5.41) is 2.86. The number of carbonyl (C=O) groups excluding carboxylic acids is 3. The van der Waals surface area contributed by atoms with Crippen LogP contribution in [0.1, 0.15) is 60.7 Å². The van der Waals surface area contributed by atoms with Crippen molar-refractivity contribution in [2.75, 3.05) is 6.54 Å². The van der Waals surface area contributed by atoms with E-state index in [-0.39, 0.29) is 18.5 Å². The topological polar surface area (TPSA) is 66.5 Å². The molecule has 5 nitrogen and oxygen atoms in total. The van der Waals surface area contributed by atoms with Gasteiger partial charge in [-0.2, -0.15) is 0 Å². The fourth-order valence-electron chi connectivity index (χ4n) is 2.75. The number of nitrogens with one attached hydrogen (secondary N) is 1. The van der Waals surface area contributed by atoms with E-state index in [1.54, 1.807) is 24.3 Å². The van der Waals surface area contributed by atoms with Crippen LogP contribution in [0.4, 0.5) is 0 Å². The molecule has 1 aromatic carbocycles. The first-order valence-corrected chi connectivity index (χ1v) is 8.14. The van der Waals surface area contributed by atoms with Gasteiger partial charge in [0.2, 0.25) is 5.91 Å². The van der Waals surface area contributed by atoms with Gasteiger partial charge in [-0.1, -0.05) is 38.8 Å². The monoisotopic (exact) mass is 316 g/mol. The number of amides is 3. The highest BCUT2D eigenvalue weighted by Crippen LogP contribution is 2.21. The number of fused-ring (bicyclic) bond motifs is 1. The first-order valence-electron chi connectivity index (χ1n) is 8.14. The van der Waals surface area contributed by atoms with Crippen LogP contribution in [0.15, 0.2) is 24.3 Å². The van der Waals surface area contributed by atoms with Gasteiger partial charge in [0.15, 0.2) is 0 Å². The van der Waals surface area contributed by atoms with Crippen LogP contribution in [0.25, 0.3) is 0 Å². The zero-order valence-corrected chi connectivity index (χ0v) is 14.0. The Morgan fingerprint density at radius 1 is 1.04 bits per heavy atom. The molecule has 1 heterocycles. The molecule has 0 unspecified atom stereocenters. The van der Waals surface area contributed by atoms with Gasteiger partial charge in [-0.3, -0.25) is 19.3 Å². The fourth-order valence-corrected chi connectivity index (χ4v) is 2.75. The summed E-state index contributed by atoms with van der Waals surface area (Å²) < 4.78 is 0. The van der Waals surface area contributed by atoms with E-state index < -0.39 is 11.8 Å². The number of benzene rings is 1. The van der Waals surface area contributed by atoms with Gasteiger partial charge in [0.05, 0.1) is 11.1 Å². The van der Waals surface area contributed by atoms with Gasteiger partial charge in [-0.05, 0) is 31.4 Å². The second-order valence-corrected chi connectivity index (χ2v) is 6.54. The molecule has 0 saturated carbocycles. The van der Waals surface area contributed by atoms with Gasteiger partial charge >= 0.3 is 0 Å². The summed E-state index contributed by atoms with van der Waals surface area (Å²) >= 11 is 0. The van der Waals surface area contributed by atoms with Crippen LogP contribution < -0.4 is 5.32 Å². The van der Waals surface area contributed by atoms with E-state index in [1.807, 2.05) is 6.92 Å². The maximum absolute atomic E-state index is 12.2. The second kappa shape index (κ2) is 7.40. The average Bonchev–Trinajstić information content (AvgIpc) is 2.72. The largest absolute Gasteiger partial charge is 0.352 e. The zero-order chi connectivity index (χ0) is 17.0.